The quantitative estimate of drug-likeness (QED) is 0.332. The molecule has 0 radical (unpaired) electrons. The average Bonchev–Trinajstić information content (AvgIpc) is 2.67. The molecule has 3 rings (SSSR count). The second-order valence-electron chi connectivity index (χ2n) is 6.03. The van der Waals surface area contributed by atoms with Crippen molar-refractivity contribution in [2.75, 3.05) is 0 Å². The maximum absolute atomic E-state index is 6.06. The number of allylic oxidation sites excluding steroid dienone is 1. The zero-order chi connectivity index (χ0) is 18.4. The molecule has 0 aliphatic carbocycles. The van der Waals surface area contributed by atoms with Gasteiger partial charge in [0.25, 0.3) is 0 Å². The number of hydrogen-bond acceptors (Lipinski definition) is 2. The third-order valence-electron chi connectivity index (χ3n) is 3.88. The number of nitrogens with zero attached hydrogens (tertiary/aromatic N) is 1. The molecule has 0 aliphatic rings. The van der Waals surface area contributed by atoms with Crippen molar-refractivity contribution in [1.29, 1.82) is 0 Å². The van der Waals surface area contributed by atoms with Gasteiger partial charge in [-0.15, -0.1) is 0 Å². The summed E-state index contributed by atoms with van der Waals surface area (Å²) in [7, 11) is 0. The normalized spacial score (nSPS) is 12.3. The Bertz CT molecular complexity index is 911. The lowest BCUT2D eigenvalue weighted by atomic mass is 10.0. The number of aliphatic imine (C=N–C) groups is 1. The summed E-state index contributed by atoms with van der Waals surface area (Å²) in [5, 5.41) is 2.88. The third-order valence-corrected chi connectivity index (χ3v) is 5.15. The zero-order valence-electron chi connectivity index (χ0n) is 14.8. The molecule has 3 aromatic rings. The SMILES string of the molecule is CC(=CSc1ccccc1)C(=Nc1ccc(C)cc1)c1ccc(Cl)cc1. The predicted octanol–water partition coefficient (Wildman–Crippen LogP) is 7.47. The minimum Gasteiger partial charge on any atom is -0.248 e. The smallest absolute Gasteiger partial charge is 0.0743 e. The van der Waals surface area contributed by atoms with Crippen molar-refractivity contribution in [3.8, 4) is 0 Å². The molecule has 0 fully saturated rings. The van der Waals surface area contributed by atoms with Gasteiger partial charge in [0.05, 0.1) is 11.4 Å². The van der Waals surface area contributed by atoms with Crippen molar-refractivity contribution in [1.82, 2.24) is 0 Å². The fourth-order valence-electron chi connectivity index (χ4n) is 2.45. The van der Waals surface area contributed by atoms with E-state index < -0.39 is 0 Å². The Morgan fingerprint density at radius 3 is 2.19 bits per heavy atom. The number of aryl methyl sites for hydroxylation is 1. The highest BCUT2D eigenvalue weighted by molar-refractivity contribution is 8.02. The first-order chi connectivity index (χ1) is 12.6. The Morgan fingerprint density at radius 2 is 1.54 bits per heavy atom. The summed E-state index contributed by atoms with van der Waals surface area (Å²) in [6.07, 6.45) is 0. The summed E-state index contributed by atoms with van der Waals surface area (Å²) in [5.41, 5.74) is 5.29. The van der Waals surface area contributed by atoms with E-state index in [2.05, 4.69) is 43.5 Å². The second-order valence-corrected chi connectivity index (χ2v) is 7.41. The van der Waals surface area contributed by atoms with Gasteiger partial charge in [-0.2, -0.15) is 0 Å². The van der Waals surface area contributed by atoms with Crippen LogP contribution in [0.1, 0.15) is 18.1 Å². The molecule has 0 saturated heterocycles. The standard InChI is InChI=1S/C23H20ClNS/c1-17-8-14-21(15-9-17)25-23(19-10-12-20(24)13-11-19)18(2)16-26-22-6-4-3-5-7-22/h3-16H,1-2H3. The van der Waals surface area contributed by atoms with Crippen LogP contribution in [0.4, 0.5) is 5.69 Å². The molecule has 0 bridgehead atoms. The van der Waals surface area contributed by atoms with E-state index in [4.69, 9.17) is 16.6 Å². The Balaban J connectivity index is 1.96. The van der Waals surface area contributed by atoms with Crippen LogP contribution in [0.3, 0.4) is 0 Å². The van der Waals surface area contributed by atoms with Crippen LogP contribution in [-0.4, -0.2) is 5.71 Å². The molecule has 26 heavy (non-hydrogen) atoms. The van der Waals surface area contributed by atoms with Crippen LogP contribution in [0, 0.1) is 6.92 Å². The minimum atomic E-state index is 0.726. The summed E-state index contributed by atoms with van der Waals surface area (Å²) < 4.78 is 0. The van der Waals surface area contributed by atoms with Crippen molar-refractivity contribution < 1.29 is 0 Å². The number of halogens is 1. The molecule has 0 aromatic heterocycles. The van der Waals surface area contributed by atoms with E-state index in [0.29, 0.717) is 0 Å². The van der Waals surface area contributed by atoms with Crippen molar-refractivity contribution in [2.24, 2.45) is 4.99 Å². The molecule has 0 N–H and O–H groups in total. The van der Waals surface area contributed by atoms with Crippen molar-refractivity contribution in [3.05, 3.63) is 106 Å². The van der Waals surface area contributed by atoms with Gasteiger partial charge in [-0.3, -0.25) is 0 Å². The van der Waals surface area contributed by atoms with E-state index in [1.807, 2.05) is 54.6 Å². The lowest BCUT2D eigenvalue weighted by Crippen LogP contribution is -2.02. The second kappa shape index (κ2) is 8.88. The fourth-order valence-corrected chi connectivity index (χ4v) is 3.31. The maximum atomic E-state index is 6.06. The molecule has 0 spiro atoms. The van der Waals surface area contributed by atoms with E-state index >= 15 is 0 Å². The summed E-state index contributed by atoms with van der Waals surface area (Å²) in [6, 6.07) is 26.4. The summed E-state index contributed by atoms with van der Waals surface area (Å²) in [5.74, 6) is 0. The Labute approximate surface area is 164 Å². The lowest BCUT2D eigenvalue weighted by molar-refractivity contribution is 1.41. The largest absolute Gasteiger partial charge is 0.248 e. The van der Waals surface area contributed by atoms with Crippen LogP contribution in [0.15, 0.2) is 99.7 Å². The number of rotatable bonds is 5. The number of benzene rings is 3. The van der Waals surface area contributed by atoms with Gasteiger partial charge >= 0.3 is 0 Å². The monoisotopic (exact) mass is 377 g/mol. The highest BCUT2D eigenvalue weighted by Crippen LogP contribution is 2.24. The first-order valence-corrected chi connectivity index (χ1v) is 9.68. The molecule has 1 nitrogen and oxygen atoms in total. The van der Waals surface area contributed by atoms with Gasteiger partial charge in [0.1, 0.15) is 0 Å². The van der Waals surface area contributed by atoms with E-state index in [9.17, 15) is 0 Å². The topological polar surface area (TPSA) is 12.4 Å². The van der Waals surface area contributed by atoms with E-state index in [0.717, 1.165) is 27.6 Å². The van der Waals surface area contributed by atoms with Gasteiger partial charge in [0.15, 0.2) is 0 Å². The van der Waals surface area contributed by atoms with Gasteiger partial charge in [0.2, 0.25) is 0 Å². The Kier molecular flexibility index (Phi) is 6.32. The number of hydrogen-bond donors (Lipinski definition) is 0. The van der Waals surface area contributed by atoms with Crippen LogP contribution in [-0.2, 0) is 0 Å². The average molecular weight is 378 g/mol. The molecule has 0 heterocycles. The highest BCUT2D eigenvalue weighted by Gasteiger charge is 2.07. The molecule has 130 valence electrons. The van der Waals surface area contributed by atoms with E-state index in [1.54, 1.807) is 11.8 Å². The summed E-state index contributed by atoms with van der Waals surface area (Å²) in [4.78, 5) is 6.11. The lowest BCUT2D eigenvalue weighted by Gasteiger charge is -2.09. The van der Waals surface area contributed by atoms with Crippen LogP contribution >= 0.6 is 23.4 Å². The van der Waals surface area contributed by atoms with Crippen molar-refractivity contribution in [2.45, 2.75) is 18.7 Å². The molecule has 3 aromatic carbocycles. The first-order valence-electron chi connectivity index (χ1n) is 8.42. The molecule has 0 saturated carbocycles. The van der Waals surface area contributed by atoms with Crippen LogP contribution in [0.2, 0.25) is 5.02 Å². The third kappa shape index (κ3) is 5.10. The molecular formula is C23H20ClNS. The molecule has 0 aliphatic heterocycles. The fraction of sp³-hybridized carbons (Fsp3) is 0.0870. The highest BCUT2D eigenvalue weighted by atomic mass is 35.5. The molecule has 3 heteroatoms. The van der Waals surface area contributed by atoms with Crippen molar-refractivity contribution in [3.63, 3.8) is 0 Å². The minimum absolute atomic E-state index is 0.726. The van der Waals surface area contributed by atoms with Gasteiger partial charge in [-0.1, -0.05) is 71.4 Å². The summed E-state index contributed by atoms with van der Waals surface area (Å²) >= 11 is 7.75. The molecule has 0 atom stereocenters. The zero-order valence-corrected chi connectivity index (χ0v) is 16.4. The van der Waals surface area contributed by atoms with Crippen LogP contribution < -0.4 is 0 Å². The van der Waals surface area contributed by atoms with E-state index in [1.165, 1.54) is 10.5 Å². The molecule has 0 unspecified atom stereocenters. The Morgan fingerprint density at radius 1 is 0.885 bits per heavy atom. The van der Waals surface area contributed by atoms with Crippen LogP contribution in [0.25, 0.3) is 0 Å². The van der Waals surface area contributed by atoms with Gasteiger partial charge in [-0.05, 0) is 61.2 Å². The maximum Gasteiger partial charge on any atom is 0.0743 e. The summed E-state index contributed by atoms with van der Waals surface area (Å²) in [6.45, 7) is 4.17. The van der Waals surface area contributed by atoms with Gasteiger partial charge in [0, 0.05) is 15.5 Å². The number of thioether (sulfide) groups is 1. The molecule has 0 amide bonds. The van der Waals surface area contributed by atoms with Crippen molar-refractivity contribution >= 4 is 34.8 Å². The van der Waals surface area contributed by atoms with Crippen LogP contribution in [0.5, 0.6) is 0 Å². The van der Waals surface area contributed by atoms with Gasteiger partial charge < -0.3 is 0 Å². The molecular weight excluding hydrogens is 358 g/mol. The van der Waals surface area contributed by atoms with E-state index in [-0.39, 0.29) is 0 Å². The first kappa shape index (κ1) is 18.5. The predicted molar refractivity (Wildman–Crippen MR) is 115 cm³/mol. The van der Waals surface area contributed by atoms with Gasteiger partial charge in [-0.25, -0.2) is 4.99 Å². The Hall–Kier alpha value is -2.29.